The normalized spacial score (nSPS) is 14.2. The molecule has 1 N–H and O–H groups in total. The number of carbonyl (C=O) groups excluding carboxylic acids is 1. The van der Waals surface area contributed by atoms with Crippen molar-refractivity contribution in [3.8, 4) is 5.75 Å². The van der Waals surface area contributed by atoms with Gasteiger partial charge in [-0.05, 0) is 23.8 Å². The number of hydrogen-bond donors (Lipinski definition) is 1. The summed E-state index contributed by atoms with van der Waals surface area (Å²) in [6.45, 7) is 3.36. The van der Waals surface area contributed by atoms with Gasteiger partial charge in [-0.3, -0.25) is 4.79 Å². The second-order valence-corrected chi connectivity index (χ2v) is 5.73. The van der Waals surface area contributed by atoms with E-state index in [0.717, 1.165) is 30.2 Å². The van der Waals surface area contributed by atoms with Gasteiger partial charge in [-0.2, -0.15) is 0 Å². The molecule has 1 aromatic heterocycles. The van der Waals surface area contributed by atoms with E-state index in [1.165, 1.54) is 0 Å². The first-order valence-electron chi connectivity index (χ1n) is 8.29. The number of amides is 1. The van der Waals surface area contributed by atoms with E-state index in [1.54, 1.807) is 13.3 Å². The van der Waals surface area contributed by atoms with Crippen molar-refractivity contribution < 1.29 is 14.3 Å². The van der Waals surface area contributed by atoms with Crippen LogP contribution in [0.5, 0.6) is 5.75 Å². The molecule has 2 heterocycles. The van der Waals surface area contributed by atoms with Crippen LogP contribution in [0.4, 0.5) is 5.82 Å². The maximum atomic E-state index is 12.1. The third-order valence-electron chi connectivity index (χ3n) is 3.99. The Morgan fingerprint density at radius 1 is 1.24 bits per heavy atom. The Morgan fingerprint density at radius 2 is 2.00 bits per heavy atom. The highest BCUT2D eigenvalue weighted by Gasteiger charge is 2.13. The molecule has 0 unspecified atom stereocenters. The van der Waals surface area contributed by atoms with Crippen molar-refractivity contribution in [3.05, 3.63) is 47.9 Å². The predicted molar refractivity (Wildman–Crippen MR) is 93.6 cm³/mol. The maximum Gasteiger partial charge on any atom is 0.224 e. The Labute approximate surface area is 147 Å². The molecular formula is C18H22N4O3. The Morgan fingerprint density at radius 3 is 2.72 bits per heavy atom. The number of hydrogen-bond acceptors (Lipinski definition) is 6. The van der Waals surface area contributed by atoms with Crippen LogP contribution in [0.1, 0.15) is 11.4 Å². The molecule has 1 aliphatic heterocycles. The van der Waals surface area contributed by atoms with Crippen LogP contribution < -0.4 is 15.0 Å². The molecule has 132 valence electrons. The summed E-state index contributed by atoms with van der Waals surface area (Å²) in [5.41, 5.74) is 0.932. The van der Waals surface area contributed by atoms with Gasteiger partial charge in [0.25, 0.3) is 0 Å². The summed E-state index contributed by atoms with van der Waals surface area (Å²) < 4.78 is 10.5. The summed E-state index contributed by atoms with van der Waals surface area (Å²) in [6.07, 6.45) is 2.04. The number of anilines is 1. The van der Waals surface area contributed by atoms with Crippen LogP contribution in [-0.2, 0) is 22.5 Å². The zero-order valence-electron chi connectivity index (χ0n) is 14.3. The molecule has 2 aromatic rings. The average Bonchev–Trinajstić information content (AvgIpc) is 2.68. The van der Waals surface area contributed by atoms with Gasteiger partial charge in [-0.25, -0.2) is 9.97 Å². The highest BCUT2D eigenvalue weighted by atomic mass is 16.5. The first-order valence-corrected chi connectivity index (χ1v) is 8.29. The quantitative estimate of drug-likeness (QED) is 0.850. The Balaban J connectivity index is 1.52. The van der Waals surface area contributed by atoms with E-state index in [4.69, 9.17) is 9.47 Å². The SMILES string of the molecule is COc1ccc(CC(=O)NCc2nccc(N3CCOCC3)n2)cc1. The third kappa shape index (κ3) is 4.90. The molecule has 1 saturated heterocycles. The van der Waals surface area contributed by atoms with Gasteiger partial charge in [0.2, 0.25) is 5.91 Å². The molecule has 0 spiro atoms. The van der Waals surface area contributed by atoms with E-state index in [9.17, 15) is 4.79 Å². The van der Waals surface area contributed by atoms with Crippen LogP contribution in [0.3, 0.4) is 0 Å². The van der Waals surface area contributed by atoms with Crippen molar-refractivity contribution in [2.45, 2.75) is 13.0 Å². The van der Waals surface area contributed by atoms with E-state index < -0.39 is 0 Å². The Hall–Kier alpha value is -2.67. The average molecular weight is 342 g/mol. The lowest BCUT2D eigenvalue weighted by atomic mass is 10.1. The van der Waals surface area contributed by atoms with E-state index in [2.05, 4.69) is 20.2 Å². The Bertz CT molecular complexity index is 700. The molecule has 1 aromatic carbocycles. The molecule has 3 rings (SSSR count). The fraction of sp³-hybridized carbons (Fsp3) is 0.389. The van der Waals surface area contributed by atoms with Crippen molar-refractivity contribution in [1.82, 2.24) is 15.3 Å². The van der Waals surface area contributed by atoms with Gasteiger partial charge < -0.3 is 19.7 Å². The van der Waals surface area contributed by atoms with E-state index in [-0.39, 0.29) is 5.91 Å². The lowest BCUT2D eigenvalue weighted by molar-refractivity contribution is -0.120. The summed E-state index contributed by atoms with van der Waals surface area (Å²) in [6, 6.07) is 9.34. The topological polar surface area (TPSA) is 76.6 Å². The summed E-state index contributed by atoms with van der Waals surface area (Å²) in [5, 5.41) is 2.87. The van der Waals surface area contributed by atoms with Crippen LogP contribution >= 0.6 is 0 Å². The molecule has 7 nitrogen and oxygen atoms in total. The highest BCUT2D eigenvalue weighted by molar-refractivity contribution is 5.78. The second kappa shape index (κ2) is 8.43. The smallest absolute Gasteiger partial charge is 0.224 e. The molecule has 25 heavy (non-hydrogen) atoms. The summed E-state index contributed by atoms with van der Waals surface area (Å²) >= 11 is 0. The van der Waals surface area contributed by atoms with Crippen LogP contribution in [0.2, 0.25) is 0 Å². The van der Waals surface area contributed by atoms with Crippen molar-refractivity contribution >= 4 is 11.7 Å². The minimum absolute atomic E-state index is 0.0643. The molecule has 0 atom stereocenters. The van der Waals surface area contributed by atoms with Gasteiger partial charge in [0.15, 0.2) is 0 Å². The van der Waals surface area contributed by atoms with Gasteiger partial charge in [0.05, 0.1) is 33.3 Å². The number of ether oxygens (including phenoxy) is 2. The predicted octanol–water partition coefficient (Wildman–Crippen LogP) is 1.18. The van der Waals surface area contributed by atoms with E-state index in [0.29, 0.717) is 32.0 Å². The molecular weight excluding hydrogens is 320 g/mol. The molecule has 1 aliphatic rings. The zero-order chi connectivity index (χ0) is 17.5. The fourth-order valence-electron chi connectivity index (χ4n) is 2.61. The number of benzene rings is 1. The maximum absolute atomic E-state index is 12.1. The third-order valence-corrected chi connectivity index (χ3v) is 3.99. The first-order chi connectivity index (χ1) is 12.2. The number of morpholine rings is 1. The van der Waals surface area contributed by atoms with Crippen LogP contribution in [0.15, 0.2) is 36.5 Å². The van der Waals surface area contributed by atoms with Crippen molar-refractivity contribution in [1.29, 1.82) is 0 Å². The van der Waals surface area contributed by atoms with Crippen molar-refractivity contribution in [2.24, 2.45) is 0 Å². The number of methoxy groups -OCH3 is 1. The molecule has 7 heteroatoms. The van der Waals surface area contributed by atoms with Crippen molar-refractivity contribution in [2.75, 3.05) is 38.3 Å². The summed E-state index contributed by atoms with van der Waals surface area (Å²) in [5.74, 6) is 2.19. The Kier molecular flexibility index (Phi) is 5.79. The van der Waals surface area contributed by atoms with Crippen LogP contribution in [-0.4, -0.2) is 49.3 Å². The summed E-state index contributed by atoms with van der Waals surface area (Å²) in [4.78, 5) is 23.0. The van der Waals surface area contributed by atoms with E-state index in [1.807, 2.05) is 30.3 Å². The second-order valence-electron chi connectivity index (χ2n) is 5.73. The van der Waals surface area contributed by atoms with Gasteiger partial charge in [-0.1, -0.05) is 12.1 Å². The van der Waals surface area contributed by atoms with Gasteiger partial charge in [-0.15, -0.1) is 0 Å². The zero-order valence-corrected chi connectivity index (χ0v) is 14.3. The van der Waals surface area contributed by atoms with Crippen LogP contribution in [0.25, 0.3) is 0 Å². The fourth-order valence-corrected chi connectivity index (χ4v) is 2.61. The number of nitrogens with one attached hydrogen (secondary N) is 1. The molecule has 0 bridgehead atoms. The molecule has 0 saturated carbocycles. The largest absolute Gasteiger partial charge is 0.497 e. The number of nitrogens with zero attached hydrogens (tertiary/aromatic N) is 3. The summed E-state index contributed by atoms with van der Waals surface area (Å²) in [7, 11) is 1.62. The minimum atomic E-state index is -0.0643. The first kappa shape index (κ1) is 17.2. The standard InChI is InChI=1S/C18H22N4O3/c1-24-15-4-2-14(3-5-15)12-18(23)20-13-16-19-7-6-17(21-16)22-8-10-25-11-9-22/h2-7H,8-13H2,1H3,(H,20,23). The number of rotatable bonds is 6. The van der Waals surface area contributed by atoms with Gasteiger partial charge in [0.1, 0.15) is 17.4 Å². The lowest BCUT2D eigenvalue weighted by Crippen LogP contribution is -2.37. The minimum Gasteiger partial charge on any atom is -0.497 e. The number of aromatic nitrogens is 2. The molecule has 1 amide bonds. The molecule has 1 fully saturated rings. The lowest BCUT2D eigenvalue weighted by Gasteiger charge is -2.27. The van der Waals surface area contributed by atoms with Crippen molar-refractivity contribution in [3.63, 3.8) is 0 Å². The monoisotopic (exact) mass is 342 g/mol. The van der Waals surface area contributed by atoms with Gasteiger partial charge >= 0.3 is 0 Å². The van der Waals surface area contributed by atoms with Gasteiger partial charge in [0, 0.05) is 19.3 Å². The highest BCUT2D eigenvalue weighted by Crippen LogP contribution is 2.13. The number of carbonyl (C=O) groups is 1. The molecule has 0 radical (unpaired) electrons. The molecule has 0 aliphatic carbocycles. The van der Waals surface area contributed by atoms with Crippen LogP contribution in [0, 0.1) is 0 Å². The van der Waals surface area contributed by atoms with E-state index >= 15 is 0 Å².